The van der Waals surface area contributed by atoms with Crippen LogP contribution in [0.15, 0.2) is 30.3 Å². The van der Waals surface area contributed by atoms with Crippen molar-refractivity contribution in [1.29, 1.82) is 0 Å². The molecule has 0 unspecified atom stereocenters. The fraction of sp³-hybridized carbons (Fsp3) is 0.462. The molecule has 98 valence electrons. The molecule has 0 aliphatic heterocycles. The first-order valence-corrected chi connectivity index (χ1v) is 6.18. The van der Waals surface area contributed by atoms with Crippen LogP contribution in [0, 0.1) is 5.92 Å². The first-order chi connectivity index (χ1) is 8.49. The molecule has 5 heteroatoms. The molecule has 1 amide bonds. The van der Waals surface area contributed by atoms with Gasteiger partial charge in [0.15, 0.2) is 0 Å². The Morgan fingerprint density at radius 3 is 2.39 bits per heavy atom. The van der Waals surface area contributed by atoms with Crippen LogP contribution in [0.4, 0.5) is 0 Å². The maximum absolute atomic E-state index is 11.8. The zero-order valence-electron chi connectivity index (χ0n) is 10.8. The zero-order chi connectivity index (χ0) is 13.5. The second-order valence-corrected chi connectivity index (χ2v) is 4.88. The highest BCUT2D eigenvalue weighted by Crippen LogP contribution is 2.06. The van der Waals surface area contributed by atoms with Gasteiger partial charge in [0.2, 0.25) is 5.91 Å². The second-order valence-electron chi connectivity index (χ2n) is 4.88. The van der Waals surface area contributed by atoms with E-state index in [2.05, 4.69) is 5.32 Å². The van der Waals surface area contributed by atoms with Crippen LogP contribution in [-0.4, -0.2) is 29.0 Å². The smallest absolute Gasteiger partial charge is 0.426 e. The van der Waals surface area contributed by atoms with Gasteiger partial charge >= 0.3 is 7.12 Å². The Kier molecular flexibility index (Phi) is 5.88. The van der Waals surface area contributed by atoms with Crippen molar-refractivity contribution in [3.63, 3.8) is 0 Å². The standard InChI is InChI=1S/C13H20BNO3/c1-10(2)8-12(14(17)18)15-13(16)9-11-6-4-3-5-7-11/h3-7,10,12,17-18H,8-9H2,1-2H3,(H,15,16)/t12-/m1/s1. The first kappa shape index (κ1) is 14.7. The lowest BCUT2D eigenvalue weighted by Crippen LogP contribution is -2.47. The number of benzene rings is 1. The summed E-state index contributed by atoms with van der Waals surface area (Å²) in [4.78, 5) is 11.8. The van der Waals surface area contributed by atoms with Crippen molar-refractivity contribution >= 4 is 13.0 Å². The van der Waals surface area contributed by atoms with Crippen molar-refractivity contribution in [2.45, 2.75) is 32.6 Å². The monoisotopic (exact) mass is 249 g/mol. The summed E-state index contributed by atoms with van der Waals surface area (Å²) in [6.07, 6.45) is 0.792. The molecule has 0 saturated heterocycles. The molecule has 0 heterocycles. The van der Waals surface area contributed by atoms with E-state index < -0.39 is 13.1 Å². The van der Waals surface area contributed by atoms with Crippen LogP contribution in [0.1, 0.15) is 25.8 Å². The molecule has 0 aliphatic rings. The van der Waals surface area contributed by atoms with Crippen LogP contribution >= 0.6 is 0 Å². The Morgan fingerprint density at radius 1 is 1.28 bits per heavy atom. The van der Waals surface area contributed by atoms with Crippen molar-refractivity contribution in [3.8, 4) is 0 Å². The summed E-state index contributed by atoms with van der Waals surface area (Å²) in [5.41, 5.74) is 0.908. The Labute approximate surface area is 108 Å². The van der Waals surface area contributed by atoms with Gasteiger partial charge in [0, 0.05) is 0 Å². The van der Waals surface area contributed by atoms with Gasteiger partial charge in [-0.2, -0.15) is 0 Å². The van der Waals surface area contributed by atoms with Crippen molar-refractivity contribution in [1.82, 2.24) is 5.32 Å². The van der Waals surface area contributed by atoms with Crippen molar-refractivity contribution in [3.05, 3.63) is 35.9 Å². The van der Waals surface area contributed by atoms with E-state index in [1.54, 1.807) is 0 Å². The van der Waals surface area contributed by atoms with E-state index in [4.69, 9.17) is 0 Å². The van der Waals surface area contributed by atoms with E-state index in [1.807, 2.05) is 44.2 Å². The van der Waals surface area contributed by atoms with Gasteiger partial charge in [0.05, 0.1) is 12.4 Å². The average molecular weight is 249 g/mol. The summed E-state index contributed by atoms with van der Waals surface area (Å²) in [7, 11) is -1.52. The summed E-state index contributed by atoms with van der Waals surface area (Å²) < 4.78 is 0. The number of carbonyl (C=O) groups is 1. The molecule has 3 N–H and O–H groups in total. The van der Waals surface area contributed by atoms with Gasteiger partial charge in [-0.3, -0.25) is 4.79 Å². The molecule has 0 spiro atoms. The van der Waals surface area contributed by atoms with Gasteiger partial charge in [-0.25, -0.2) is 0 Å². The molecule has 0 radical (unpaired) electrons. The van der Waals surface area contributed by atoms with E-state index in [-0.39, 0.29) is 18.2 Å². The molecular weight excluding hydrogens is 229 g/mol. The predicted molar refractivity (Wildman–Crippen MR) is 71.7 cm³/mol. The van der Waals surface area contributed by atoms with Crippen LogP contribution in [0.25, 0.3) is 0 Å². The maximum Gasteiger partial charge on any atom is 0.475 e. The molecule has 0 bridgehead atoms. The van der Waals surface area contributed by atoms with Crippen molar-refractivity contribution in [2.24, 2.45) is 5.92 Å². The van der Waals surface area contributed by atoms with Gasteiger partial charge in [-0.05, 0) is 17.9 Å². The fourth-order valence-corrected chi connectivity index (χ4v) is 1.80. The lowest BCUT2D eigenvalue weighted by Gasteiger charge is -2.19. The molecule has 1 aromatic carbocycles. The van der Waals surface area contributed by atoms with Crippen molar-refractivity contribution in [2.75, 3.05) is 0 Å². The molecule has 0 aromatic heterocycles. The third kappa shape index (κ3) is 5.34. The highest BCUT2D eigenvalue weighted by Gasteiger charge is 2.25. The normalized spacial score (nSPS) is 12.3. The summed E-state index contributed by atoms with van der Waals surface area (Å²) >= 11 is 0. The van der Waals surface area contributed by atoms with Gasteiger partial charge in [0.1, 0.15) is 0 Å². The van der Waals surface area contributed by atoms with Crippen LogP contribution in [-0.2, 0) is 11.2 Å². The van der Waals surface area contributed by atoms with Crippen LogP contribution in [0.3, 0.4) is 0 Å². The molecule has 1 aromatic rings. The number of carbonyl (C=O) groups excluding carboxylic acids is 1. The number of hydrogen-bond donors (Lipinski definition) is 3. The Morgan fingerprint density at radius 2 is 1.89 bits per heavy atom. The van der Waals surface area contributed by atoms with Crippen LogP contribution in [0.5, 0.6) is 0 Å². The number of hydrogen-bond acceptors (Lipinski definition) is 3. The molecule has 0 aliphatic carbocycles. The minimum Gasteiger partial charge on any atom is -0.426 e. The quantitative estimate of drug-likeness (QED) is 0.652. The van der Waals surface area contributed by atoms with Gasteiger partial charge in [0.25, 0.3) is 0 Å². The molecule has 4 nitrogen and oxygen atoms in total. The first-order valence-electron chi connectivity index (χ1n) is 6.18. The van der Waals surface area contributed by atoms with E-state index >= 15 is 0 Å². The van der Waals surface area contributed by atoms with E-state index in [9.17, 15) is 14.8 Å². The summed E-state index contributed by atoms with van der Waals surface area (Å²) in [5.74, 6) is -0.519. The molecular formula is C13H20BNO3. The fourth-order valence-electron chi connectivity index (χ4n) is 1.80. The van der Waals surface area contributed by atoms with Gasteiger partial charge < -0.3 is 15.4 Å². The Hall–Kier alpha value is -1.33. The average Bonchev–Trinajstić information content (AvgIpc) is 2.28. The van der Waals surface area contributed by atoms with E-state index in [1.165, 1.54) is 0 Å². The molecule has 18 heavy (non-hydrogen) atoms. The predicted octanol–water partition coefficient (Wildman–Crippen LogP) is 0.772. The highest BCUT2D eigenvalue weighted by atomic mass is 16.4. The Balaban J connectivity index is 2.51. The number of rotatable bonds is 6. The third-order valence-corrected chi connectivity index (χ3v) is 2.64. The minimum absolute atomic E-state index is 0.194. The maximum atomic E-state index is 11.8. The minimum atomic E-state index is -1.52. The van der Waals surface area contributed by atoms with Crippen LogP contribution < -0.4 is 5.32 Å². The van der Waals surface area contributed by atoms with Crippen molar-refractivity contribution < 1.29 is 14.8 Å². The Bertz CT molecular complexity index is 368. The van der Waals surface area contributed by atoms with Gasteiger partial charge in [-0.15, -0.1) is 0 Å². The summed E-state index contributed by atoms with van der Waals surface area (Å²) in [5, 5.41) is 21.1. The zero-order valence-corrected chi connectivity index (χ0v) is 10.8. The number of nitrogens with one attached hydrogen (secondary N) is 1. The van der Waals surface area contributed by atoms with E-state index in [0.29, 0.717) is 6.42 Å². The third-order valence-electron chi connectivity index (χ3n) is 2.64. The molecule has 1 atom stereocenters. The topological polar surface area (TPSA) is 69.6 Å². The van der Waals surface area contributed by atoms with Crippen LogP contribution in [0.2, 0.25) is 0 Å². The highest BCUT2D eigenvalue weighted by molar-refractivity contribution is 6.43. The summed E-state index contributed by atoms with van der Waals surface area (Å²) in [6.45, 7) is 3.94. The lowest BCUT2D eigenvalue weighted by atomic mass is 9.75. The molecule has 1 rings (SSSR count). The number of amides is 1. The second kappa shape index (κ2) is 7.19. The lowest BCUT2D eigenvalue weighted by molar-refractivity contribution is -0.120. The van der Waals surface area contributed by atoms with Gasteiger partial charge in [-0.1, -0.05) is 44.2 Å². The largest absolute Gasteiger partial charge is 0.475 e. The molecule has 0 saturated carbocycles. The SMILES string of the molecule is CC(C)C[C@@H](NC(=O)Cc1ccccc1)B(O)O. The summed E-state index contributed by atoms with van der Waals surface area (Å²) in [6, 6.07) is 9.36. The van der Waals surface area contributed by atoms with E-state index in [0.717, 1.165) is 5.56 Å². The molecule has 0 fully saturated rings.